The van der Waals surface area contributed by atoms with Crippen LogP contribution in [0.5, 0.6) is 0 Å². The molecule has 3 aliphatic rings. The summed E-state index contributed by atoms with van der Waals surface area (Å²) in [6.45, 7) is 23.5. The van der Waals surface area contributed by atoms with Gasteiger partial charge in [-0.25, -0.2) is 0 Å². The van der Waals surface area contributed by atoms with Crippen molar-refractivity contribution >= 4 is 8.32 Å². The minimum atomic E-state index is -2.83. The molecular formula is C34H66O6Si. The van der Waals surface area contributed by atoms with Gasteiger partial charge in [0.2, 0.25) is 0 Å². The van der Waals surface area contributed by atoms with Gasteiger partial charge in [0.1, 0.15) is 11.2 Å². The maximum Gasteiger partial charge on any atom is 0.255 e. The van der Waals surface area contributed by atoms with Gasteiger partial charge in [0, 0.05) is 12.1 Å². The predicted octanol–water partition coefficient (Wildman–Crippen LogP) is 8.46. The van der Waals surface area contributed by atoms with E-state index in [0.29, 0.717) is 12.1 Å². The van der Waals surface area contributed by atoms with Crippen LogP contribution >= 0.6 is 0 Å². The maximum atomic E-state index is 7.47. The van der Waals surface area contributed by atoms with Crippen LogP contribution in [-0.4, -0.2) is 75.2 Å². The lowest BCUT2D eigenvalue weighted by atomic mass is 10.0. The Bertz CT molecular complexity index is 707. The van der Waals surface area contributed by atoms with Crippen molar-refractivity contribution in [3.63, 3.8) is 0 Å². The van der Waals surface area contributed by atoms with Crippen LogP contribution in [0.2, 0.25) is 5.54 Å². The van der Waals surface area contributed by atoms with Gasteiger partial charge < -0.3 is 28.1 Å². The Kier molecular flexibility index (Phi) is 13.7. The Morgan fingerprint density at radius 3 is 1.27 bits per heavy atom. The number of hydrogen-bond donors (Lipinski definition) is 0. The summed E-state index contributed by atoms with van der Waals surface area (Å²) in [7, 11) is -2.83. The molecule has 0 N–H and O–H groups in total. The normalized spacial score (nSPS) is 32.1. The van der Waals surface area contributed by atoms with Crippen molar-refractivity contribution in [2.45, 2.75) is 192 Å². The minimum Gasteiger partial charge on any atom is -0.412 e. The molecule has 8 unspecified atom stereocenters. The zero-order chi connectivity index (χ0) is 30.2. The van der Waals surface area contributed by atoms with E-state index in [2.05, 4.69) is 62.3 Å². The average Bonchev–Trinajstić information content (AvgIpc) is 3.89. The van der Waals surface area contributed by atoms with E-state index >= 15 is 0 Å². The van der Waals surface area contributed by atoms with Crippen LogP contribution in [0.25, 0.3) is 0 Å². The van der Waals surface area contributed by atoms with Crippen molar-refractivity contribution in [2.24, 2.45) is 0 Å². The van der Waals surface area contributed by atoms with Gasteiger partial charge in [0.05, 0.1) is 49.1 Å². The van der Waals surface area contributed by atoms with Crippen molar-refractivity contribution in [2.75, 3.05) is 26.4 Å². The number of unbranched alkanes of at least 4 members (excludes halogenated alkanes) is 3. The summed E-state index contributed by atoms with van der Waals surface area (Å²) in [5, 5.41) is 0. The quantitative estimate of drug-likeness (QED) is 0.0776. The first-order valence-electron chi connectivity index (χ1n) is 17.5. The van der Waals surface area contributed by atoms with Gasteiger partial charge in [-0.2, -0.15) is 0 Å². The Balaban J connectivity index is 2.17. The van der Waals surface area contributed by atoms with Crippen molar-refractivity contribution < 1.29 is 28.1 Å². The monoisotopic (exact) mass is 598 g/mol. The van der Waals surface area contributed by atoms with E-state index in [-0.39, 0.29) is 40.5 Å². The summed E-state index contributed by atoms with van der Waals surface area (Å²) in [6.07, 6.45) is 14.3. The van der Waals surface area contributed by atoms with Gasteiger partial charge in [-0.3, -0.25) is 0 Å². The van der Waals surface area contributed by atoms with E-state index in [1.807, 2.05) is 0 Å². The molecule has 242 valence electrons. The fraction of sp³-hybridized carbons (Fsp3) is 1.00. The van der Waals surface area contributed by atoms with Crippen molar-refractivity contribution in [1.82, 2.24) is 0 Å². The molecule has 0 saturated carbocycles. The summed E-state index contributed by atoms with van der Waals surface area (Å²) in [6, 6.07) is 0. The first-order valence-corrected chi connectivity index (χ1v) is 19.6. The van der Waals surface area contributed by atoms with Crippen molar-refractivity contribution in [3.05, 3.63) is 0 Å². The zero-order valence-corrected chi connectivity index (χ0v) is 29.4. The molecule has 0 bridgehead atoms. The van der Waals surface area contributed by atoms with Crippen LogP contribution in [0, 0.1) is 0 Å². The molecule has 3 saturated heterocycles. The molecule has 0 spiro atoms. The van der Waals surface area contributed by atoms with Gasteiger partial charge in [-0.1, -0.05) is 86.0 Å². The molecule has 0 aliphatic carbocycles. The third kappa shape index (κ3) is 8.79. The van der Waals surface area contributed by atoms with Crippen molar-refractivity contribution in [1.29, 1.82) is 0 Å². The Labute approximate surface area is 254 Å². The van der Waals surface area contributed by atoms with Gasteiger partial charge in [-0.15, -0.1) is 0 Å². The molecule has 7 heteroatoms. The molecule has 0 amide bonds. The van der Waals surface area contributed by atoms with Crippen LogP contribution in [0.4, 0.5) is 0 Å². The second-order valence-corrected chi connectivity index (χ2v) is 17.9. The van der Waals surface area contributed by atoms with E-state index in [4.69, 9.17) is 28.1 Å². The summed E-state index contributed by atoms with van der Waals surface area (Å²) in [5.74, 6) is 0. The lowest BCUT2D eigenvalue weighted by Gasteiger charge is -2.51. The summed E-state index contributed by atoms with van der Waals surface area (Å²) in [4.78, 5) is 0. The fourth-order valence-corrected chi connectivity index (χ4v) is 13.3. The number of ether oxygens (including phenoxy) is 5. The third-order valence-electron chi connectivity index (χ3n) is 10.1. The molecule has 0 radical (unpaired) electrons. The zero-order valence-electron chi connectivity index (χ0n) is 28.4. The molecule has 3 aliphatic heterocycles. The van der Waals surface area contributed by atoms with E-state index in [1.165, 1.54) is 12.8 Å². The lowest BCUT2D eigenvalue weighted by molar-refractivity contribution is -0.0665. The molecule has 3 fully saturated rings. The molecule has 0 aromatic rings. The molecule has 0 aromatic carbocycles. The molecular weight excluding hydrogens is 532 g/mol. The molecule has 8 atom stereocenters. The fourth-order valence-electron chi connectivity index (χ4n) is 7.06. The van der Waals surface area contributed by atoms with Crippen LogP contribution in [0.3, 0.4) is 0 Å². The highest BCUT2D eigenvalue weighted by Gasteiger charge is 2.67. The standard InChI is InChI=1S/C34H66O6Si/c1-10-16-21-29(34(9)26-37-34)41(38-15-6,30(22-17-11-2)39-27(19-13-4)32(7)24-35-32)31(23-18-12-3)40-28(20-14-5)33(8)25-36-33/h27-31H,10-26H2,1-9H3. The second kappa shape index (κ2) is 15.8. The predicted molar refractivity (Wildman–Crippen MR) is 170 cm³/mol. The highest BCUT2D eigenvalue weighted by Crippen LogP contribution is 2.54. The Morgan fingerprint density at radius 2 is 0.951 bits per heavy atom. The maximum absolute atomic E-state index is 7.47. The van der Waals surface area contributed by atoms with Crippen LogP contribution in [0.15, 0.2) is 0 Å². The highest BCUT2D eigenvalue weighted by molar-refractivity contribution is 6.78. The van der Waals surface area contributed by atoms with Crippen LogP contribution in [-0.2, 0) is 28.1 Å². The first kappa shape index (κ1) is 35.5. The largest absolute Gasteiger partial charge is 0.412 e. The van der Waals surface area contributed by atoms with Gasteiger partial charge >= 0.3 is 0 Å². The van der Waals surface area contributed by atoms with Crippen molar-refractivity contribution in [3.8, 4) is 0 Å². The molecule has 41 heavy (non-hydrogen) atoms. The van der Waals surface area contributed by atoms with Crippen LogP contribution < -0.4 is 0 Å². The molecule has 3 heterocycles. The SMILES string of the molecule is CCCCC(OC(CCC)C1(C)CO1)[Si](OCC)(C(CCCC)OC(CCC)C1(C)CO1)C(CCCC)C1(C)CO1. The smallest absolute Gasteiger partial charge is 0.255 e. The van der Waals surface area contributed by atoms with E-state index in [1.54, 1.807) is 0 Å². The van der Waals surface area contributed by atoms with E-state index < -0.39 is 8.32 Å². The summed E-state index contributed by atoms with van der Waals surface area (Å²) in [5.41, 5.74) is -0.181. The topological polar surface area (TPSA) is 65.3 Å². The number of epoxide rings is 3. The second-order valence-electron chi connectivity index (χ2n) is 13.9. The Morgan fingerprint density at radius 1 is 0.561 bits per heavy atom. The highest BCUT2D eigenvalue weighted by atomic mass is 28.4. The van der Waals surface area contributed by atoms with E-state index in [0.717, 1.165) is 90.4 Å². The minimum absolute atomic E-state index is 0.0277. The average molecular weight is 599 g/mol. The van der Waals surface area contributed by atoms with Gasteiger partial charge in [0.25, 0.3) is 8.32 Å². The molecule has 6 nitrogen and oxygen atoms in total. The molecule has 3 rings (SSSR count). The number of rotatable bonds is 25. The lowest BCUT2D eigenvalue weighted by Crippen LogP contribution is -2.68. The van der Waals surface area contributed by atoms with Gasteiger partial charge in [0.15, 0.2) is 0 Å². The van der Waals surface area contributed by atoms with E-state index in [9.17, 15) is 0 Å². The Hall–Kier alpha value is -0.0231. The number of hydrogen-bond acceptors (Lipinski definition) is 6. The summed E-state index contributed by atoms with van der Waals surface area (Å²) < 4.78 is 40.8. The summed E-state index contributed by atoms with van der Waals surface area (Å²) >= 11 is 0. The molecule has 0 aromatic heterocycles. The van der Waals surface area contributed by atoms with Gasteiger partial charge in [-0.05, 0) is 59.8 Å². The first-order chi connectivity index (χ1) is 19.6. The van der Waals surface area contributed by atoms with Crippen LogP contribution in [0.1, 0.15) is 146 Å². The third-order valence-corrected chi connectivity index (χ3v) is 15.7.